The second kappa shape index (κ2) is 7.64. The summed E-state index contributed by atoms with van der Waals surface area (Å²) in [4.78, 5) is 3.69. The Labute approximate surface area is 64.0 Å². The number of rotatable bonds is 4. The van der Waals surface area contributed by atoms with Gasteiger partial charge in [-0.3, -0.25) is 0 Å². The summed E-state index contributed by atoms with van der Waals surface area (Å²) in [5.74, 6) is 0.830. The Morgan fingerprint density at radius 2 is 2.44 bits per heavy atom. The van der Waals surface area contributed by atoms with Crippen molar-refractivity contribution in [1.29, 1.82) is 5.26 Å². The van der Waals surface area contributed by atoms with Gasteiger partial charge >= 0.3 is 0 Å². The van der Waals surface area contributed by atoms with Crippen molar-refractivity contribution in [3.63, 3.8) is 0 Å². The van der Waals surface area contributed by atoms with Crippen LogP contribution in [0, 0.1) is 10.7 Å². The molecule has 0 bridgehead atoms. The van der Waals surface area contributed by atoms with E-state index in [1.807, 2.05) is 5.40 Å². The van der Waals surface area contributed by atoms with Crippen LogP contribution in [0.2, 0.25) is 0 Å². The third-order valence-electron chi connectivity index (χ3n) is 0.645. The third-order valence-corrected chi connectivity index (χ3v) is 1.40. The van der Waals surface area contributed by atoms with E-state index in [2.05, 4.69) is 22.4 Å². The summed E-state index contributed by atoms with van der Waals surface area (Å²) >= 11 is 5.58. The van der Waals surface area contributed by atoms with E-state index < -0.39 is 0 Å². The molecule has 0 saturated heterocycles. The minimum atomic E-state index is 0.693. The molecule has 2 nitrogen and oxygen atoms in total. The fourth-order valence-corrected chi connectivity index (χ4v) is 0.763. The Balaban J connectivity index is 2.93. The SMILES string of the molecule is N#CSCCCN=C=S. The predicted octanol–water partition coefficient (Wildman–Crippen LogP) is 1.69. The number of nitriles is 1. The van der Waals surface area contributed by atoms with Crippen LogP contribution in [0.3, 0.4) is 0 Å². The van der Waals surface area contributed by atoms with Crippen molar-refractivity contribution in [1.82, 2.24) is 0 Å². The van der Waals surface area contributed by atoms with Crippen LogP contribution in [0.1, 0.15) is 6.42 Å². The molecule has 0 rings (SSSR count). The summed E-state index contributed by atoms with van der Waals surface area (Å²) in [6.07, 6.45) is 0.905. The lowest BCUT2D eigenvalue weighted by molar-refractivity contribution is 0.952. The van der Waals surface area contributed by atoms with Gasteiger partial charge in [0.05, 0.1) is 11.7 Å². The van der Waals surface area contributed by atoms with Gasteiger partial charge in [-0.15, -0.1) is 0 Å². The Hall–Kier alpha value is -0.360. The van der Waals surface area contributed by atoms with E-state index in [0.29, 0.717) is 6.54 Å². The average molecular weight is 158 g/mol. The maximum atomic E-state index is 8.07. The molecule has 0 aliphatic rings. The number of hydrogen-bond donors (Lipinski definition) is 0. The number of thioether (sulfide) groups is 1. The lowest BCUT2D eigenvalue weighted by Gasteiger charge is -1.85. The number of thiocyanates is 1. The van der Waals surface area contributed by atoms with Crippen LogP contribution in [0.25, 0.3) is 0 Å². The smallest absolute Gasteiger partial charge is 0.133 e. The third kappa shape index (κ3) is 7.64. The quantitative estimate of drug-likeness (QED) is 0.270. The van der Waals surface area contributed by atoms with Gasteiger partial charge in [-0.1, -0.05) is 0 Å². The van der Waals surface area contributed by atoms with E-state index >= 15 is 0 Å². The molecule has 48 valence electrons. The molecule has 0 aliphatic carbocycles. The van der Waals surface area contributed by atoms with E-state index in [1.165, 1.54) is 11.8 Å². The molecule has 0 aliphatic heterocycles. The maximum absolute atomic E-state index is 8.07. The summed E-state index contributed by atoms with van der Waals surface area (Å²) in [6.45, 7) is 0.693. The highest BCUT2D eigenvalue weighted by Crippen LogP contribution is 1.97. The van der Waals surface area contributed by atoms with Crippen molar-refractivity contribution in [3.8, 4) is 5.40 Å². The van der Waals surface area contributed by atoms with Crippen LogP contribution in [0.4, 0.5) is 0 Å². The zero-order valence-corrected chi connectivity index (χ0v) is 6.47. The first-order chi connectivity index (χ1) is 4.41. The average Bonchev–Trinajstić information content (AvgIpc) is 1.89. The van der Waals surface area contributed by atoms with Gasteiger partial charge in [0.2, 0.25) is 0 Å². The number of thiocarbonyl (C=S) groups is 1. The molecule has 0 aromatic rings. The molecule has 0 fully saturated rings. The lowest BCUT2D eigenvalue weighted by atomic mass is 10.5. The van der Waals surface area contributed by atoms with Gasteiger partial charge in [-0.25, -0.2) is 4.99 Å². The van der Waals surface area contributed by atoms with E-state index in [9.17, 15) is 0 Å². The van der Waals surface area contributed by atoms with Gasteiger partial charge < -0.3 is 0 Å². The van der Waals surface area contributed by atoms with E-state index in [0.717, 1.165) is 12.2 Å². The molecule has 0 aromatic heterocycles. The van der Waals surface area contributed by atoms with E-state index in [4.69, 9.17) is 5.26 Å². The summed E-state index contributed by atoms with van der Waals surface area (Å²) in [5.41, 5.74) is 0. The highest BCUT2D eigenvalue weighted by molar-refractivity contribution is 8.03. The van der Waals surface area contributed by atoms with Gasteiger partial charge in [0.15, 0.2) is 0 Å². The molecular weight excluding hydrogens is 152 g/mol. The molecule has 0 amide bonds. The van der Waals surface area contributed by atoms with Crippen LogP contribution in [-0.4, -0.2) is 17.5 Å². The van der Waals surface area contributed by atoms with Crippen LogP contribution >= 0.6 is 24.0 Å². The van der Waals surface area contributed by atoms with Crippen molar-refractivity contribution < 1.29 is 0 Å². The van der Waals surface area contributed by atoms with Crippen molar-refractivity contribution in [2.45, 2.75) is 6.42 Å². The Morgan fingerprint density at radius 3 is 3.00 bits per heavy atom. The monoisotopic (exact) mass is 158 g/mol. The molecule has 0 radical (unpaired) electrons. The number of nitrogens with zero attached hydrogens (tertiary/aromatic N) is 2. The van der Waals surface area contributed by atoms with Crippen molar-refractivity contribution >= 4 is 29.1 Å². The molecule has 0 heterocycles. The Kier molecular flexibility index (Phi) is 7.33. The highest BCUT2D eigenvalue weighted by atomic mass is 32.2. The van der Waals surface area contributed by atoms with Crippen LogP contribution < -0.4 is 0 Å². The van der Waals surface area contributed by atoms with Gasteiger partial charge in [-0.05, 0) is 30.4 Å². The largest absolute Gasteiger partial charge is 0.233 e. The van der Waals surface area contributed by atoms with E-state index in [-0.39, 0.29) is 0 Å². The lowest BCUT2D eigenvalue weighted by Crippen LogP contribution is -1.81. The molecular formula is C5H6N2S2. The first-order valence-corrected chi connectivity index (χ1v) is 3.85. The number of aliphatic imine (C=N–C) groups is 1. The summed E-state index contributed by atoms with van der Waals surface area (Å²) in [6, 6.07) is 0. The fraction of sp³-hybridized carbons (Fsp3) is 0.600. The van der Waals surface area contributed by atoms with Crippen LogP contribution in [0.15, 0.2) is 4.99 Å². The van der Waals surface area contributed by atoms with Gasteiger partial charge in [-0.2, -0.15) is 5.26 Å². The van der Waals surface area contributed by atoms with Crippen molar-refractivity contribution in [3.05, 3.63) is 0 Å². The molecule has 0 spiro atoms. The topological polar surface area (TPSA) is 36.1 Å². The predicted molar refractivity (Wildman–Crippen MR) is 42.6 cm³/mol. The zero-order chi connectivity index (χ0) is 6.95. The normalized spacial score (nSPS) is 7.44. The number of hydrogen-bond acceptors (Lipinski definition) is 4. The van der Waals surface area contributed by atoms with Gasteiger partial charge in [0.1, 0.15) is 5.40 Å². The Bertz CT molecular complexity index is 144. The molecule has 0 aromatic carbocycles. The molecule has 0 saturated carbocycles. The van der Waals surface area contributed by atoms with Crippen molar-refractivity contribution in [2.24, 2.45) is 4.99 Å². The maximum Gasteiger partial charge on any atom is 0.133 e. The van der Waals surface area contributed by atoms with E-state index in [1.54, 1.807) is 0 Å². The second-order valence-corrected chi connectivity index (χ2v) is 2.33. The molecule has 0 N–H and O–H groups in total. The Morgan fingerprint density at radius 1 is 1.67 bits per heavy atom. The molecule has 4 heteroatoms. The summed E-state index contributed by atoms with van der Waals surface area (Å²) in [7, 11) is 0. The minimum absolute atomic E-state index is 0.693. The van der Waals surface area contributed by atoms with Crippen LogP contribution in [-0.2, 0) is 0 Å². The fourth-order valence-electron chi connectivity index (χ4n) is 0.307. The highest BCUT2D eigenvalue weighted by Gasteiger charge is 1.83. The second-order valence-electron chi connectivity index (χ2n) is 1.27. The van der Waals surface area contributed by atoms with Crippen LogP contribution in [0.5, 0.6) is 0 Å². The summed E-state index contributed by atoms with van der Waals surface area (Å²) < 4.78 is 0. The molecule has 9 heavy (non-hydrogen) atoms. The van der Waals surface area contributed by atoms with Gasteiger partial charge in [0.25, 0.3) is 0 Å². The number of isothiocyanates is 1. The summed E-state index contributed by atoms with van der Waals surface area (Å²) in [5, 5.41) is 12.3. The van der Waals surface area contributed by atoms with Crippen molar-refractivity contribution in [2.75, 3.05) is 12.3 Å². The minimum Gasteiger partial charge on any atom is -0.233 e. The van der Waals surface area contributed by atoms with Gasteiger partial charge in [0, 0.05) is 5.75 Å². The first-order valence-electron chi connectivity index (χ1n) is 2.46. The molecule has 0 unspecified atom stereocenters. The zero-order valence-electron chi connectivity index (χ0n) is 4.83. The first kappa shape index (κ1) is 8.64. The molecule has 0 atom stereocenters. The standard InChI is InChI=1S/C5H6N2S2/c6-4-9-3-1-2-7-5-8/h1-3H2.